The van der Waals surface area contributed by atoms with Crippen LogP contribution in [0.1, 0.15) is 30.8 Å². The second-order valence-electron chi connectivity index (χ2n) is 8.72. The molecular weight excluding hydrogens is 502 g/mol. The number of ether oxygens (including phenoxy) is 2. The molecule has 0 spiro atoms. The van der Waals surface area contributed by atoms with Gasteiger partial charge in [-0.1, -0.05) is 42.5 Å². The summed E-state index contributed by atoms with van der Waals surface area (Å²) in [4.78, 5) is 18.5. The number of hydrogen-bond donors (Lipinski definition) is 0. The van der Waals surface area contributed by atoms with Crippen molar-refractivity contribution in [2.45, 2.75) is 19.4 Å². The molecule has 4 aromatic rings. The zero-order chi connectivity index (χ0) is 27.1. The molecule has 4 rings (SSSR count). The highest BCUT2D eigenvalue weighted by atomic mass is 32.2. The molecule has 1 aromatic heterocycles. The Morgan fingerprint density at radius 3 is 2.34 bits per heavy atom. The van der Waals surface area contributed by atoms with Gasteiger partial charge in [0.05, 0.1) is 29.7 Å². The molecule has 0 aliphatic carbocycles. The monoisotopic (exact) mass is 533 g/mol. The van der Waals surface area contributed by atoms with Gasteiger partial charge < -0.3 is 9.47 Å². The van der Waals surface area contributed by atoms with Crippen LogP contribution in [-0.2, 0) is 14.8 Å². The van der Waals surface area contributed by atoms with Crippen LogP contribution in [-0.4, -0.2) is 49.6 Å². The van der Waals surface area contributed by atoms with Gasteiger partial charge in [-0.15, -0.1) is 0 Å². The molecule has 3 aromatic carbocycles. The largest absolute Gasteiger partial charge is 0.497 e. The van der Waals surface area contributed by atoms with Crippen LogP contribution in [0.3, 0.4) is 0 Å². The summed E-state index contributed by atoms with van der Waals surface area (Å²) in [7, 11) is -0.762. The van der Waals surface area contributed by atoms with Crippen LogP contribution in [0.25, 0.3) is 22.7 Å². The van der Waals surface area contributed by atoms with Crippen molar-refractivity contribution < 1.29 is 17.9 Å². The van der Waals surface area contributed by atoms with Crippen molar-refractivity contribution in [1.82, 2.24) is 13.9 Å². The standard InChI is InChI=1S/C29H31N3O5S/c1-22(31(19-9-20-36-2)38(34,35)21-18-23-10-5-4-6-11-23)28-30-27-13-8-7-12-26(27)29(33)32(28)24-14-16-25(37-3)17-15-24/h4-8,10-18,21-22H,9,19-20H2,1-3H3. The molecule has 38 heavy (non-hydrogen) atoms. The molecule has 0 saturated heterocycles. The molecule has 1 atom stereocenters. The van der Waals surface area contributed by atoms with Crippen LogP contribution in [0.15, 0.2) is 89.1 Å². The number of hydrogen-bond acceptors (Lipinski definition) is 6. The van der Waals surface area contributed by atoms with Gasteiger partial charge in [0.2, 0.25) is 10.0 Å². The lowest BCUT2D eigenvalue weighted by Gasteiger charge is -2.28. The third kappa shape index (κ3) is 6.02. The minimum atomic E-state index is -3.90. The highest BCUT2D eigenvalue weighted by Gasteiger charge is 2.30. The fourth-order valence-electron chi connectivity index (χ4n) is 4.25. The van der Waals surface area contributed by atoms with Gasteiger partial charge in [0.1, 0.15) is 11.6 Å². The quantitative estimate of drug-likeness (QED) is 0.258. The molecule has 198 valence electrons. The number of methoxy groups -OCH3 is 2. The van der Waals surface area contributed by atoms with E-state index in [1.807, 2.05) is 30.3 Å². The molecule has 9 heteroatoms. The second-order valence-corrected chi connectivity index (χ2v) is 10.5. The van der Waals surface area contributed by atoms with E-state index >= 15 is 0 Å². The van der Waals surface area contributed by atoms with Crippen LogP contribution in [0.5, 0.6) is 5.75 Å². The summed E-state index contributed by atoms with van der Waals surface area (Å²) < 4.78 is 40.6. The molecule has 0 aliphatic heterocycles. The second kappa shape index (κ2) is 12.2. The maximum absolute atomic E-state index is 13.7. The first-order valence-corrected chi connectivity index (χ1v) is 13.8. The molecule has 0 fully saturated rings. The van der Waals surface area contributed by atoms with Crippen molar-refractivity contribution in [3.8, 4) is 11.4 Å². The van der Waals surface area contributed by atoms with Gasteiger partial charge in [-0.3, -0.25) is 9.36 Å². The maximum atomic E-state index is 13.7. The van der Waals surface area contributed by atoms with E-state index in [0.29, 0.717) is 41.2 Å². The summed E-state index contributed by atoms with van der Waals surface area (Å²) in [5.41, 5.74) is 1.54. The van der Waals surface area contributed by atoms with Crippen LogP contribution in [0.2, 0.25) is 0 Å². The summed E-state index contributed by atoms with van der Waals surface area (Å²) in [6.45, 7) is 2.32. The van der Waals surface area contributed by atoms with E-state index in [4.69, 9.17) is 14.5 Å². The molecule has 1 unspecified atom stereocenters. The number of nitrogens with zero attached hydrogens (tertiary/aromatic N) is 3. The lowest BCUT2D eigenvalue weighted by Crippen LogP contribution is -2.37. The Bertz CT molecular complexity index is 1570. The zero-order valence-electron chi connectivity index (χ0n) is 21.7. The van der Waals surface area contributed by atoms with E-state index in [1.54, 1.807) is 75.8 Å². The van der Waals surface area contributed by atoms with Crippen molar-refractivity contribution in [3.05, 3.63) is 106 Å². The van der Waals surface area contributed by atoms with Crippen LogP contribution >= 0.6 is 0 Å². The van der Waals surface area contributed by atoms with Gasteiger partial charge in [0, 0.05) is 25.7 Å². The van der Waals surface area contributed by atoms with Crippen LogP contribution in [0, 0.1) is 0 Å². The SMILES string of the molecule is COCCCN(C(C)c1nc2ccccc2c(=O)n1-c1ccc(OC)cc1)S(=O)(=O)C=Cc1ccccc1. The van der Waals surface area contributed by atoms with E-state index in [0.717, 1.165) is 5.56 Å². The van der Waals surface area contributed by atoms with Crippen LogP contribution in [0.4, 0.5) is 0 Å². The minimum Gasteiger partial charge on any atom is -0.497 e. The summed E-state index contributed by atoms with van der Waals surface area (Å²) in [5.74, 6) is 0.952. The van der Waals surface area contributed by atoms with Crippen molar-refractivity contribution in [3.63, 3.8) is 0 Å². The Kier molecular flexibility index (Phi) is 8.73. The number of para-hydroxylation sites is 1. The first-order chi connectivity index (χ1) is 18.4. The molecule has 0 amide bonds. The molecule has 8 nitrogen and oxygen atoms in total. The Balaban J connectivity index is 1.86. The number of rotatable bonds is 11. The van der Waals surface area contributed by atoms with Gasteiger partial charge in [-0.05, 0) is 61.4 Å². The molecule has 0 bridgehead atoms. The van der Waals surface area contributed by atoms with Crippen LogP contribution < -0.4 is 10.3 Å². The minimum absolute atomic E-state index is 0.182. The van der Waals surface area contributed by atoms with E-state index < -0.39 is 16.1 Å². The predicted molar refractivity (Wildman–Crippen MR) is 150 cm³/mol. The molecule has 0 saturated carbocycles. The fourth-order valence-corrected chi connectivity index (χ4v) is 5.66. The first kappa shape index (κ1) is 27.3. The Morgan fingerprint density at radius 1 is 0.974 bits per heavy atom. The van der Waals surface area contributed by atoms with Gasteiger partial charge in [0.25, 0.3) is 5.56 Å². The summed E-state index contributed by atoms with van der Waals surface area (Å²) >= 11 is 0. The van der Waals surface area contributed by atoms with Gasteiger partial charge >= 0.3 is 0 Å². The smallest absolute Gasteiger partial charge is 0.266 e. The highest BCUT2D eigenvalue weighted by Crippen LogP contribution is 2.27. The fraction of sp³-hybridized carbons (Fsp3) is 0.241. The van der Waals surface area contributed by atoms with Crippen molar-refractivity contribution in [2.24, 2.45) is 0 Å². The molecule has 1 heterocycles. The van der Waals surface area contributed by atoms with E-state index in [9.17, 15) is 13.2 Å². The van der Waals surface area contributed by atoms with Crippen molar-refractivity contribution in [1.29, 1.82) is 0 Å². The lowest BCUT2D eigenvalue weighted by atomic mass is 10.2. The zero-order valence-corrected chi connectivity index (χ0v) is 22.5. The topological polar surface area (TPSA) is 90.7 Å². The molecule has 0 aliphatic rings. The third-order valence-electron chi connectivity index (χ3n) is 6.22. The molecule has 0 radical (unpaired) electrons. The van der Waals surface area contributed by atoms with Crippen molar-refractivity contribution in [2.75, 3.05) is 27.4 Å². The molecule has 0 N–H and O–H groups in total. The van der Waals surface area contributed by atoms with E-state index in [1.165, 1.54) is 14.3 Å². The summed E-state index contributed by atoms with van der Waals surface area (Å²) in [5, 5.41) is 1.64. The van der Waals surface area contributed by atoms with Gasteiger partial charge in [-0.2, -0.15) is 4.31 Å². The Hall–Kier alpha value is -3.79. The Morgan fingerprint density at radius 2 is 1.66 bits per heavy atom. The molecular formula is C29H31N3O5S. The van der Waals surface area contributed by atoms with Gasteiger partial charge in [-0.25, -0.2) is 13.4 Å². The average molecular weight is 534 g/mol. The normalized spacial score (nSPS) is 12.8. The summed E-state index contributed by atoms with van der Waals surface area (Å²) in [6, 6.07) is 22.5. The van der Waals surface area contributed by atoms with E-state index in [2.05, 4.69) is 0 Å². The number of sulfonamides is 1. The summed E-state index contributed by atoms with van der Waals surface area (Å²) in [6.07, 6.45) is 2.04. The van der Waals surface area contributed by atoms with Crippen molar-refractivity contribution >= 4 is 27.0 Å². The highest BCUT2D eigenvalue weighted by molar-refractivity contribution is 7.92. The average Bonchev–Trinajstić information content (AvgIpc) is 2.94. The number of fused-ring (bicyclic) bond motifs is 1. The first-order valence-electron chi connectivity index (χ1n) is 12.3. The lowest BCUT2D eigenvalue weighted by molar-refractivity contribution is 0.182. The van der Waals surface area contributed by atoms with Gasteiger partial charge in [0.15, 0.2) is 0 Å². The van der Waals surface area contributed by atoms with E-state index in [-0.39, 0.29) is 12.1 Å². The Labute approximate surface area is 222 Å². The number of aromatic nitrogens is 2. The number of benzene rings is 3. The third-order valence-corrected chi connectivity index (χ3v) is 7.86. The predicted octanol–water partition coefficient (Wildman–Crippen LogP) is 4.79. The maximum Gasteiger partial charge on any atom is 0.266 e.